The molecule has 1 fully saturated rings. The number of methoxy groups -OCH3 is 2. The lowest BCUT2D eigenvalue weighted by atomic mass is 9.97. The molecule has 0 bridgehead atoms. The second kappa shape index (κ2) is 7.55. The van der Waals surface area contributed by atoms with Gasteiger partial charge in [0.25, 0.3) is 0 Å². The predicted molar refractivity (Wildman–Crippen MR) is 76.4 cm³/mol. The number of likely N-dealkylation sites (tertiary alicyclic amines) is 1. The van der Waals surface area contributed by atoms with E-state index in [0.29, 0.717) is 6.04 Å². The van der Waals surface area contributed by atoms with Crippen LogP contribution in [0.15, 0.2) is 0 Å². The van der Waals surface area contributed by atoms with Crippen LogP contribution in [0.5, 0.6) is 0 Å². The summed E-state index contributed by atoms with van der Waals surface area (Å²) in [5.41, 5.74) is -0.220. The Hall–Kier alpha value is -0.200. The van der Waals surface area contributed by atoms with Crippen LogP contribution in [0.2, 0.25) is 0 Å². The van der Waals surface area contributed by atoms with Crippen LogP contribution in [0.3, 0.4) is 0 Å². The average molecular weight is 274 g/mol. The van der Waals surface area contributed by atoms with Crippen molar-refractivity contribution >= 4 is 0 Å². The van der Waals surface area contributed by atoms with Crippen LogP contribution in [-0.4, -0.2) is 74.3 Å². The Labute approximate surface area is 117 Å². The van der Waals surface area contributed by atoms with Crippen molar-refractivity contribution in [3.8, 4) is 0 Å². The highest BCUT2D eigenvalue weighted by atomic mass is 16.5. The summed E-state index contributed by atoms with van der Waals surface area (Å²) in [4.78, 5) is 2.35. The van der Waals surface area contributed by atoms with E-state index in [9.17, 15) is 5.11 Å². The SMILES string of the molecule is COC1CN(CCC(C)(CO)NC(C)C)CC1OC. The van der Waals surface area contributed by atoms with Gasteiger partial charge in [0.2, 0.25) is 0 Å². The maximum atomic E-state index is 9.57. The topological polar surface area (TPSA) is 54.0 Å². The molecule has 1 saturated heterocycles. The van der Waals surface area contributed by atoms with E-state index in [0.717, 1.165) is 26.1 Å². The first-order valence-electron chi connectivity index (χ1n) is 7.10. The van der Waals surface area contributed by atoms with Gasteiger partial charge in [-0.15, -0.1) is 0 Å². The molecule has 19 heavy (non-hydrogen) atoms. The highest BCUT2D eigenvalue weighted by Crippen LogP contribution is 2.18. The fraction of sp³-hybridized carbons (Fsp3) is 1.00. The molecule has 1 rings (SSSR count). The number of nitrogens with one attached hydrogen (secondary N) is 1. The van der Waals surface area contributed by atoms with Crippen LogP contribution >= 0.6 is 0 Å². The van der Waals surface area contributed by atoms with Crippen LogP contribution in [0.4, 0.5) is 0 Å². The van der Waals surface area contributed by atoms with Gasteiger partial charge in [0.05, 0.1) is 18.8 Å². The Morgan fingerprint density at radius 2 is 1.79 bits per heavy atom. The molecule has 3 unspecified atom stereocenters. The Bertz CT molecular complexity index is 251. The smallest absolute Gasteiger partial charge is 0.0971 e. The van der Waals surface area contributed by atoms with Crippen LogP contribution in [0.25, 0.3) is 0 Å². The number of ether oxygens (including phenoxy) is 2. The minimum Gasteiger partial charge on any atom is -0.394 e. The van der Waals surface area contributed by atoms with Gasteiger partial charge in [0.1, 0.15) is 0 Å². The van der Waals surface area contributed by atoms with Crippen LogP contribution < -0.4 is 5.32 Å². The van der Waals surface area contributed by atoms with Gasteiger partial charge in [-0.25, -0.2) is 0 Å². The fourth-order valence-electron chi connectivity index (χ4n) is 2.75. The number of rotatable bonds is 8. The summed E-state index contributed by atoms with van der Waals surface area (Å²) < 4.78 is 10.9. The Morgan fingerprint density at radius 1 is 1.26 bits per heavy atom. The predicted octanol–water partition coefficient (Wildman–Crippen LogP) is 0.471. The molecule has 0 saturated carbocycles. The van der Waals surface area contributed by atoms with Gasteiger partial charge in [0.15, 0.2) is 0 Å². The Balaban J connectivity index is 2.43. The van der Waals surface area contributed by atoms with Gasteiger partial charge in [-0.3, -0.25) is 4.90 Å². The molecule has 2 N–H and O–H groups in total. The molecule has 114 valence electrons. The molecular formula is C14H30N2O3. The van der Waals surface area contributed by atoms with Crippen LogP contribution in [-0.2, 0) is 9.47 Å². The summed E-state index contributed by atoms with van der Waals surface area (Å²) in [6.07, 6.45) is 1.22. The number of aliphatic hydroxyl groups excluding tert-OH is 1. The molecule has 0 aliphatic carbocycles. The zero-order valence-electron chi connectivity index (χ0n) is 13.0. The summed E-state index contributed by atoms with van der Waals surface area (Å²) in [6.45, 7) is 9.18. The van der Waals surface area contributed by atoms with Crippen molar-refractivity contribution < 1.29 is 14.6 Å². The zero-order chi connectivity index (χ0) is 14.5. The van der Waals surface area contributed by atoms with E-state index in [1.165, 1.54) is 0 Å². The number of hydrogen-bond donors (Lipinski definition) is 2. The summed E-state index contributed by atoms with van der Waals surface area (Å²) in [6, 6.07) is 0.370. The first-order chi connectivity index (χ1) is 8.94. The van der Waals surface area contributed by atoms with Crippen molar-refractivity contribution in [3.05, 3.63) is 0 Å². The first kappa shape index (κ1) is 16.9. The van der Waals surface area contributed by atoms with Gasteiger partial charge >= 0.3 is 0 Å². The molecule has 0 aromatic carbocycles. The third-order valence-electron chi connectivity index (χ3n) is 3.86. The maximum Gasteiger partial charge on any atom is 0.0971 e. The standard InChI is InChI=1S/C14H30N2O3/c1-11(2)15-14(3,10-17)6-7-16-8-12(18-4)13(9-16)19-5/h11-13,15,17H,6-10H2,1-5H3. The summed E-state index contributed by atoms with van der Waals surface area (Å²) >= 11 is 0. The van der Waals surface area contributed by atoms with E-state index in [-0.39, 0.29) is 24.4 Å². The van der Waals surface area contributed by atoms with Crippen LogP contribution in [0, 0.1) is 0 Å². The molecular weight excluding hydrogens is 244 g/mol. The third kappa shape index (κ3) is 5.00. The van der Waals surface area contributed by atoms with Gasteiger partial charge in [-0.05, 0) is 13.3 Å². The normalized spacial score (nSPS) is 27.9. The van der Waals surface area contributed by atoms with E-state index in [2.05, 4.69) is 31.0 Å². The molecule has 0 spiro atoms. The van der Waals surface area contributed by atoms with Crippen molar-refractivity contribution in [1.82, 2.24) is 10.2 Å². The quantitative estimate of drug-likeness (QED) is 0.674. The van der Waals surface area contributed by atoms with Crippen molar-refractivity contribution in [2.75, 3.05) is 40.5 Å². The molecule has 1 heterocycles. The lowest BCUT2D eigenvalue weighted by Gasteiger charge is -2.32. The molecule has 3 atom stereocenters. The number of nitrogens with zero attached hydrogens (tertiary/aromatic N) is 1. The summed E-state index contributed by atoms with van der Waals surface area (Å²) in [5.74, 6) is 0. The highest BCUT2D eigenvalue weighted by molar-refractivity contribution is 4.89. The van der Waals surface area contributed by atoms with Crippen molar-refractivity contribution in [1.29, 1.82) is 0 Å². The van der Waals surface area contributed by atoms with E-state index in [1.807, 2.05) is 0 Å². The van der Waals surface area contributed by atoms with Crippen LogP contribution in [0.1, 0.15) is 27.2 Å². The van der Waals surface area contributed by atoms with Crippen molar-refractivity contribution in [2.24, 2.45) is 0 Å². The van der Waals surface area contributed by atoms with Gasteiger partial charge < -0.3 is 19.9 Å². The summed E-state index contributed by atoms with van der Waals surface area (Å²) in [5, 5.41) is 13.0. The Kier molecular flexibility index (Phi) is 6.69. The van der Waals surface area contributed by atoms with E-state index in [1.54, 1.807) is 14.2 Å². The second-order valence-electron chi connectivity index (χ2n) is 6.08. The molecule has 5 heteroatoms. The number of hydrogen-bond acceptors (Lipinski definition) is 5. The van der Waals surface area contributed by atoms with E-state index < -0.39 is 0 Å². The van der Waals surface area contributed by atoms with E-state index in [4.69, 9.17) is 9.47 Å². The molecule has 0 amide bonds. The zero-order valence-corrected chi connectivity index (χ0v) is 13.0. The largest absolute Gasteiger partial charge is 0.394 e. The number of aliphatic hydroxyl groups is 1. The minimum atomic E-state index is -0.220. The Morgan fingerprint density at radius 3 is 2.16 bits per heavy atom. The lowest BCUT2D eigenvalue weighted by Crippen LogP contribution is -2.50. The van der Waals surface area contributed by atoms with Gasteiger partial charge in [0, 0.05) is 45.4 Å². The molecule has 0 aromatic heterocycles. The lowest BCUT2D eigenvalue weighted by molar-refractivity contribution is -0.00461. The highest BCUT2D eigenvalue weighted by Gasteiger charge is 2.34. The monoisotopic (exact) mass is 274 g/mol. The van der Waals surface area contributed by atoms with Gasteiger partial charge in [-0.2, -0.15) is 0 Å². The second-order valence-corrected chi connectivity index (χ2v) is 6.08. The first-order valence-corrected chi connectivity index (χ1v) is 7.10. The molecule has 0 radical (unpaired) electrons. The van der Waals surface area contributed by atoms with E-state index >= 15 is 0 Å². The van der Waals surface area contributed by atoms with Crippen molar-refractivity contribution in [3.63, 3.8) is 0 Å². The minimum absolute atomic E-state index is 0.153. The molecule has 5 nitrogen and oxygen atoms in total. The average Bonchev–Trinajstić information content (AvgIpc) is 2.78. The maximum absolute atomic E-state index is 9.57. The third-order valence-corrected chi connectivity index (χ3v) is 3.86. The fourth-order valence-corrected chi connectivity index (χ4v) is 2.75. The van der Waals surface area contributed by atoms with Gasteiger partial charge in [-0.1, -0.05) is 13.8 Å². The molecule has 0 aromatic rings. The summed E-state index contributed by atoms with van der Waals surface area (Å²) in [7, 11) is 3.47. The molecule has 1 aliphatic heterocycles. The van der Waals surface area contributed by atoms with Crippen molar-refractivity contribution in [2.45, 2.75) is 51.0 Å². The molecule has 1 aliphatic rings.